The Morgan fingerprint density at radius 2 is 1.78 bits per heavy atom. The molecule has 0 aliphatic heterocycles. The van der Waals surface area contributed by atoms with Crippen LogP contribution in [0.2, 0.25) is 0 Å². The van der Waals surface area contributed by atoms with Crippen molar-refractivity contribution in [3.05, 3.63) is 35.4 Å². The molecule has 0 saturated carbocycles. The summed E-state index contributed by atoms with van der Waals surface area (Å²) in [6.45, 7) is 4.47. The Labute approximate surface area is 139 Å². The third-order valence-corrected chi connectivity index (χ3v) is 3.62. The highest BCUT2D eigenvalue weighted by Gasteiger charge is 2.15. The van der Waals surface area contributed by atoms with Gasteiger partial charge in [0.2, 0.25) is 5.91 Å². The van der Waals surface area contributed by atoms with Gasteiger partial charge in [0.25, 0.3) is 5.91 Å². The molecule has 0 aliphatic carbocycles. The van der Waals surface area contributed by atoms with Gasteiger partial charge in [0.1, 0.15) is 0 Å². The molecule has 0 saturated heterocycles. The zero-order valence-corrected chi connectivity index (χ0v) is 14.2. The van der Waals surface area contributed by atoms with Crippen molar-refractivity contribution in [3.63, 3.8) is 0 Å². The molecule has 0 bridgehead atoms. The van der Waals surface area contributed by atoms with Crippen LogP contribution in [0.3, 0.4) is 0 Å². The van der Waals surface area contributed by atoms with E-state index in [-0.39, 0.29) is 17.7 Å². The van der Waals surface area contributed by atoms with Gasteiger partial charge in [-0.1, -0.05) is 50.7 Å². The summed E-state index contributed by atoms with van der Waals surface area (Å²) in [4.78, 5) is 23.9. The summed E-state index contributed by atoms with van der Waals surface area (Å²) in [6, 6.07) is 7.18. The summed E-state index contributed by atoms with van der Waals surface area (Å²) >= 11 is 0. The van der Waals surface area contributed by atoms with Crippen molar-refractivity contribution < 1.29 is 9.59 Å². The van der Waals surface area contributed by atoms with E-state index in [9.17, 15) is 9.59 Å². The fourth-order valence-corrected chi connectivity index (χ4v) is 2.44. The molecule has 1 rings (SSSR count). The summed E-state index contributed by atoms with van der Waals surface area (Å²) in [5, 5.41) is 5.47. The first-order valence-corrected chi connectivity index (χ1v) is 8.21. The van der Waals surface area contributed by atoms with Crippen LogP contribution >= 0.6 is 0 Å². The minimum Gasteiger partial charge on any atom is -0.355 e. The Kier molecular flexibility index (Phi) is 8.52. The van der Waals surface area contributed by atoms with E-state index in [1.54, 1.807) is 25.2 Å². The molecule has 0 fully saturated rings. The molecule has 23 heavy (non-hydrogen) atoms. The van der Waals surface area contributed by atoms with Crippen LogP contribution in [0.4, 0.5) is 0 Å². The van der Waals surface area contributed by atoms with Crippen molar-refractivity contribution in [2.75, 3.05) is 13.6 Å². The average molecular weight is 314 g/mol. The molecular weight excluding hydrogens is 288 g/mol. The first kappa shape index (κ1) is 18.8. The monoisotopic (exact) mass is 314 g/mol. The molecular formula is C19H26N2O2. The van der Waals surface area contributed by atoms with Crippen molar-refractivity contribution in [1.82, 2.24) is 10.6 Å². The Morgan fingerprint density at radius 1 is 1.13 bits per heavy atom. The zero-order valence-electron chi connectivity index (χ0n) is 14.2. The van der Waals surface area contributed by atoms with E-state index in [1.807, 2.05) is 6.07 Å². The summed E-state index contributed by atoms with van der Waals surface area (Å²) in [6.07, 6.45) is 3.83. The molecule has 0 atom stereocenters. The lowest BCUT2D eigenvalue weighted by atomic mass is 9.97. The lowest BCUT2D eigenvalue weighted by molar-refractivity contribution is -0.125. The number of carbonyl (C=O) groups is 2. The van der Waals surface area contributed by atoms with Crippen LogP contribution in [0.5, 0.6) is 0 Å². The zero-order chi connectivity index (χ0) is 17.1. The molecule has 1 aromatic carbocycles. The van der Waals surface area contributed by atoms with E-state index in [2.05, 4.69) is 36.3 Å². The van der Waals surface area contributed by atoms with Gasteiger partial charge in [-0.2, -0.15) is 0 Å². The van der Waals surface area contributed by atoms with Crippen LogP contribution in [0.15, 0.2) is 24.3 Å². The van der Waals surface area contributed by atoms with Gasteiger partial charge in [-0.15, -0.1) is 0 Å². The second-order valence-electron chi connectivity index (χ2n) is 5.42. The number of rotatable bonds is 7. The first-order chi connectivity index (χ1) is 11.1. The van der Waals surface area contributed by atoms with Gasteiger partial charge in [0.05, 0.1) is 12.1 Å². The molecule has 0 aliphatic rings. The van der Waals surface area contributed by atoms with Gasteiger partial charge >= 0.3 is 0 Å². The van der Waals surface area contributed by atoms with Gasteiger partial charge in [0.15, 0.2) is 0 Å². The van der Waals surface area contributed by atoms with Crippen molar-refractivity contribution in [2.45, 2.75) is 39.5 Å². The van der Waals surface area contributed by atoms with Crippen LogP contribution < -0.4 is 10.6 Å². The molecule has 1 aromatic rings. The minimum absolute atomic E-state index is 0.0718. The predicted octanol–water partition coefficient (Wildman–Crippen LogP) is 2.73. The molecule has 0 radical (unpaired) electrons. The maximum atomic E-state index is 12.1. The lowest BCUT2D eigenvalue weighted by Gasteiger charge is -2.13. The molecule has 4 nitrogen and oxygen atoms in total. The number of nitrogens with one attached hydrogen (secondary N) is 2. The van der Waals surface area contributed by atoms with Crippen LogP contribution in [0.25, 0.3) is 0 Å². The standard InChI is InChI=1S/C19H26N2O2/c1-4-9-16(10-5-2)18(22)21-14-8-12-15-11-6-7-13-17(15)19(23)20-3/h6-7,11,13,16H,4-5,9-10,14H2,1-3H3,(H,20,23)(H,21,22). The van der Waals surface area contributed by atoms with Crippen LogP contribution in [-0.4, -0.2) is 25.4 Å². The number of amides is 2. The molecule has 0 aromatic heterocycles. The number of hydrogen-bond acceptors (Lipinski definition) is 2. The van der Waals surface area contributed by atoms with Crippen LogP contribution in [0.1, 0.15) is 55.5 Å². The van der Waals surface area contributed by atoms with Gasteiger partial charge in [0, 0.05) is 18.5 Å². The summed E-state index contributed by atoms with van der Waals surface area (Å²) in [5.74, 6) is 5.87. The predicted molar refractivity (Wildman–Crippen MR) is 93.0 cm³/mol. The topological polar surface area (TPSA) is 58.2 Å². The number of carbonyl (C=O) groups excluding carboxylic acids is 2. The molecule has 0 unspecified atom stereocenters. The fraction of sp³-hybridized carbons (Fsp3) is 0.474. The molecule has 0 spiro atoms. The number of benzene rings is 1. The van der Waals surface area contributed by atoms with E-state index < -0.39 is 0 Å². The molecule has 0 heterocycles. The second-order valence-corrected chi connectivity index (χ2v) is 5.42. The highest BCUT2D eigenvalue weighted by atomic mass is 16.2. The Bertz CT molecular complexity index is 579. The number of hydrogen-bond donors (Lipinski definition) is 2. The Hall–Kier alpha value is -2.28. The van der Waals surface area contributed by atoms with Gasteiger partial charge < -0.3 is 10.6 Å². The van der Waals surface area contributed by atoms with E-state index in [0.29, 0.717) is 17.7 Å². The minimum atomic E-state index is -0.162. The Morgan fingerprint density at radius 3 is 2.39 bits per heavy atom. The van der Waals surface area contributed by atoms with Crippen molar-refractivity contribution >= 4 is 11.8 Å². The third-order valence-electron chi connectivity index (χ3n) is 3.62. The fourth-order valence-electron chi connectivity index (χ4n) is 2.44. The van der Waals surface area contributed by atoms with Crippen molar-refractivity contribution in [1.29, 1.82) is 0 Å². The maximum Gasteiger partial charge on any atom is 0.252 e. The van der Waals surface area contributed by atoms with E-state index >= 15 is 0 Å². The van der Waals surface area contributed by atoms with Crippen LogP contribution in [-0.2, 0) is 4.79 Å². The molecule has 2 amide bonds. The van der Waals surface area contributed by atoms with Crippen molar-refractivity contribution in [3.8, 4) is 11.8 Å². The smallest absolute Gasteiger partial charge is 0.252 e. The van der Waals surface area contributed by atoms with E-state index in [0.717, 1.165) is 25.7 Å². The van der Waals surface area contributed by atoms with E-state index in [1.165, 1.54) is 0 Å². The normalized spacial score (nSPS) is 9.91. The average Bonchev–Trinajstić information content (AvgIpc) is 2.58. The van der Waals surface area contributed by atoms with Crippen molar-refractivity contribution in [2.24, 2.45) is 5.92 Å². The summed E-state index contributed by atoms with van der Waals surface area (Å²) < 4.78 is 0. The highest BCUT2D eigenvalue weighted by Crippen LogP contribution is 2.13. The maximum absolute atomic E-state index is 12.1. The summed E-state index contributed by atoms with van der Waals surface area (Å²) in [7, 11) is 1.59. The second kappa shape index (κ2) is 10.4. The van der Waals surface area contributed by atoms with Gasteiger partial charge in [-0.05, 0) is 25.0 Å². The summed E-state index contributed by atoms with van der Waals surface area (Å²) in [5.41, 5.74) is 1.21. The molecule has 2 N–H and O–H groups in total. The lowest BCUT2D eigenvalue weighted by Crippen LogP contribution is -2.31. The third kappa shape index (κ3) is 6.15. The highest BCUT2D eigenvalue weighted by molar-refractivity contribution is 5.96. The Balaban J connectivity index is 2.65. The first-order valence-electron chi connectivity index (χ1n) is 8.21. The largest absolute Gasteiger partial charge is 0.355 e. The quantitative estimate of drug-likeness (QED) is 0.760. The van der Waals surface area contributed by atoms with E-state index in [4.69, 9.17) is 0 Å². The SMILES string of the molecule is CCCC(CCC)C(=O)NCC#Cc1ccccc1C(=O)NC. The molecule has 4 heteroatoms. The van der Waals surface area contributed by atoms with Gasteiger partial charge in [-0.3, -0.25) is 9.59 Å². The van der Waals surface area contributed by atoms with Crippen LogP contribution in [0, 0.1) is 17.8 Å². The van der Waals surface area contributed by atoms with Gasteiger partial charge in [-0.25, -0.2) is 0 Å². The molecule has 124 valence electrons.